The predicted molar refractivity (Wildman–Crippen MR) is 140 cm³/mol. The monoisotopic (exact) mass is 478 g/mol. The number of rotatable bonds is 7. The van der Waals surface area contributed by atoms with Crippen LogP contribution in [0.4, 0.5) is 0 Å². The van der Waals surface area contributed by atoms with E-state index in [1.165, 1.54) is 19.1 Å². The Morgan fingerprint density at radius 3 is 2.11 bits per heavy atom. The molecular weight excluding hydrogens is 436 g/mol. The summed E-state index contributed by atoms with van der Waals surface area (Å²) in [7, 11) is 1.50. The molecule has 0 bridgehead atoms. The van der Waals surface area contributed by atoms with Gasteiger partial charge in [-0.3, -0.25) is 14.5 Å². The van der Waals surface area contributed by atoms with Crippen LogP contribution in [0.5, 0.6) is 0 Å². The first-order valence-corrected chi connectivity index (χ1v) is 13.0. The third-order valence-corrected chi connectivity index (χ3v) is 8.14. The van der Waals surface area contributed by atoms with Crippen LogP contribution >= 0.6 is 0 Å². The average molecular weight is 479 g/mol. The molecule has 0 aromatic heterocycles. The van der Waals surface area contributed by atoms with Gasteiger partial charge in [-0.1, -0.05) is 60.7 Å². The van der Waals surface area contributed by atoms with Crippen molar-refractivity contribution < 1.29 is 14.4 Å². The van der Waals surface area contributed by atoms with Crippen molar-refractivity contribution in [3.8, 4) is 0 Å². The molecule has 0 aliphatic carbocycles. The molecule has 5 nitrogen and oxygen atoms in total. The van der Waals surface area contributed by atoms with Gasteiger partial charge in [-0.25, -0.2) is 0 Å². The fraction of sp³-hybridized carbons (Fsp3) is 0.567. The van der Waals surface area contributed by atoms with E-state index in [1.807, 2.05) is 12.1 Å². The first-order valence-electron chi connectivity index (χ1n) is 13.0. The van der Waals surface area contributed by atoms with Crippen LogP contribution in [0, 0.1) is 11.8 Å². The van der Waals surface area contributed by atoms with Crippen LogP contribution < -0.4 is 0 Å². The van der Waals surface area contributed by atoms with Gasteiger partial charge in [0.1, 0.15) is 0 Å². The third kappa shape index (κ3) is 5.32. The number of carbonyl (C=O) groups excluding carboxylic acids is 1. The van der Waals surface area contributed by atoms with E-state index in [-0.39, 0.29) is 41.0 Å². The summed E-state index contributed by atoms with van der Waals surface area (Å²) in [5.74, 6) is -0.440. The number of piperidine rings is 1. The lowest BCUT2D eigenvalue weighted by molar-refractivity contribution is -0.286. The van der Waals surface area contributed by atoms with Gasteiger partial charge in [0.05, 0.1) is 19.6 Å². The van der Waals surface area contributed by atoms with Crippen molar-refractivity contribution in [2.24, 2.45) is 11.8 Å². The lowest BCUT2D eigenvalue weighted by atomic mass is 9.82. The number of nitrogens with zero attached hydrogens (tertiary/aromatic N) is 2. The molecule has 0 radical (unpaired) electrons. The Hall–Kier alpha value is -2.21. The van der Waals surface area contributed by atoms with Crippen LogP contribution in [0.25, 0.3) is 0 Å². The molecule has 0 N–H and O–H groups in total. The van der Waals surface area contributed by atoms with Crippen molar-refractivity contribution in [1.82, 2.24) is 9.96 Å². The lowest BCUT2D eigenvalue weighted by Crippen LogP contribution is -2.58. The van der Waals surface area contributed by atoms with E-state index >= 15 is 0 Å². The zero-order chi connectivity index (χ0) is 25.2. The molecule has 35 heavy (non-hydrogen) atoms. The van der Waals surface area contributed by atoms with E-state index in [1.54, 1.807) is 0 Å². The molecule has 2 aromatic rings. The number of hydrogen-bond donors (Lipinski definition) is 0. The minimum atomic E-state index is -0.301. The third-order valence-electron chi connectivity index (χ3n) is 8.14. The molecule has 4 atom stereocenters. The molecule has 4 rings (SSSR count). The van der Waals surface area contributed by atoms with Crippen molar-refractivity contribution >= 4 is 5.97 Å². The maximum atomic E-state index is 13.3. The normalized spacial score (nSPS) is 27.4. The van der Waals surface area contributed by atoms with Crippen LogP contribution in [0.15, 0.2) is 60.7 Å². The Kier molecular flexibility index (Phi) is 7.70. The second-order valence-corrected chi connectivity index (χ2v) is 11.5. The number of ether oxygens (including phenoxy) is 1. The van der Waals surface area contributed by atoms with Crippen LogP contribution in [0.2, 0.25) is 0 Å². The van der Waals surface area contributed by atoms with Crippen LogP contribution in [-0.2, 0) is 14.4 Å². The number of methoxy groups -OCH3 is 1. The number of esters is 1. The maximum absolute atomic E-state index is 13.3. The summed E-state index contributed by atoms with van der Waals surface area (Å²) >= 11 is 0. The van der Waals surface area contributed by atoms with Crippen molar-refractivity contribution in [3.63, 3.8) is 0 Å². The summed E-state index contributed by atoms with van der Waals surface area (Å²) in [4.78, 5) is 22.4. The van der Waals surface area contributed by atoms with Crippen molar-refractivity contribution in [1.29, 1.82) is 0 Å². The number of hydroxylamine groups is 2. The van der Waals surface area contributed by atoms with Crippen LogP contribution in [0.1, 0.15) is 77.1 Å². The van der Waals surface area contributed by atoms with Gasteiger partial charge >= 0.3 is 5.97 Å². The molecule has 2 saturated heterocycles. The average Bonchev–Trinajstić information content (AvgIpc) is 3.22. The Morgan fingerprint density at radius 2 is 1.54 bits per heavy atom. The smallest absolute Gasteiger partial charge is 0.311 e. The molecular formula is C30H42N2O3. The van der Waals surface area contributed by atoms with Gasteiger partial charge in [0, 0.05) is 35.6 Å². The molecule has 5 heteroatoms. The van der Waals surface area contributed by atoms with E-state index in [2.05, 4.69) is 93.1 Å². The van der Waals surface area contributed by atoms with E-state index in [0.29, 0.717) is 6.61 Å². The molecule has 1 unspecified atom stereocenters. The van der Waals surface area contributed by atoms with E-state index < -0.39 is 0 Å². The number of likely N-dealkylation sites (tertiary alicyclic amines) is 1. The minimum Gasteiger partial charge on any atom is -0.469 e. The van der Waals surface area contributed by atoms with E-state index in [0.717, 1.165) is 24.9 Å². The number of carbonyl (C=O) groups is 1. The minimum absolute atomic E-state index is 0.0207. The maximum Gasteiger partial charge on any atom is 0.311 e. The Balaban J connectivity index is 1.66. The summed E-state index contributed by atoms with van der Waals surface area (Å²) < 4.78 is 5.39. The second kappa shape index (κ2) is 10.4. The Labute approximate surface area is 211 Å². The summed E-state index contributed by atoms with van der Waals surface area (Å²) in [5.41, 5.74) is 2.30. The fourth-order valence-corrected chi connectivity index (χ4v) is 6.44. The Bertz CT molecular complexity index is 960. The molecule has 2 aliphatic heterocycles. The quantitative estimate of drug-likeness (QED) is 0.444. The first kappa shape index (κ1) is 25.9. The molecule has 190 valence electrons. The van der Waals surface area contributed by atoms with Crippen LogP contribution in [-0.4, -0.2) is 47.3 Å². The topological polar surface area (TPSA) is 42.0 Å². The highest BCUT2D eigenvalue weighted by Gasteiger charge is 2.50. The Morgan fingerprint density at radius 1 is 0.971 bits per heavy atom. The van der Waals surface area contributed by atoms with Gasteiger partial charge in [0.15, 0.2) is 0 Å². The highest BCUT2D eigenvalue weighted by atomic mass is 16.7. The van der Waals surface area contributed by atoms with Gasteiger partial charge in [0.2, 0.25) is 0 Å². The summed E-state index contributed by atoms with van der Waals surface area (Å²) in [5, 5.41) is 2.21. The van der Waals surface area contributed by atoms with Gasteiger partial charge in [-0.2, -0.15) is 5.06 Å². The SMILES string of the molecule is COC(=O)[C@H]1C(CON2C(C)(C)CCCC2(C)C)CN([C@H](C)c2ccccc2)[C@@H]1c1ccccc1. The zero-order valence-electron chi connectivity index (χ0n) is 22.2. The summed E-state index contributed by atoms with van der Waals surface area (Å²) in [6.45, 7) is 12.5. The first-order chi connectivity index (χ1) is 16.7. The molecule has 2 aromatic carbocycles. The van der Waals surface area contributed by atoms with E-state index in [4.69, 9.17) is 9.57 Å². The predicted octanol–water partition coefficient (Wildman–Crippen LogP) is 6.18. The largest absolute Gasteiger partial charge is 0.469 e. The fourth-order valence-electron chi connectivity index (χ4n) is 6.44. The van der Waals surface area contributed by atoms with Gasteiger partial charge in [0.25, 0.3) is 0 Å². The molecule has 0 spiro atoms. The summed E-state index contributed by atoms with van der Waals surface area (Å²) in [6, 6.07) is 21.0. The van der Waals surface area contributed by atoms with Gasteiger partial charge in [-0.05, 0) is 65.0 Å². The van der Waals surface area contributed by atoms with E-state index in [9.17, 15) is 4.79 Å². The highest BCUT2D eigenvalue weighted by Crippen LogP contribution is 2.47. The molecule has 0 amide bonds. The summed E-state index contributed by atoms with van der Waals surface area (Å²) in [6.07, 6.45) is 3.41. The molecule has 0 saturated carbocycles. The number of hydrogen-bond acceptors (Lipinski definition) is 5. The van der Waals surface area contributed by atoms with Crippen molar-refractivity contribution in [3.05, 3.63) is 71.8 Å². The molecule has 2 fully saturated rings. The van der Waals surface area contributed by atoms with Gasteiger partial charge < -0.3 is 4.74 Å². The number of benzene rings is 2. The molecule has 2 heterocycles. The molecule has 2 aliphatic rings. The lowest BCUT2D eigenvalue weighted by Gasteiger charge is -2.51. The van der Waals surface area contributed by atoms with Crippen LogP contribution in [0.3, 0.4) is 0 Å². The van der Waals surface area contributed by atoms with Crippen molar-refractivity contribution in [2.75, 3.05) is 20.3 Å². The standard InChI is InChI=1S/C30H42N2O3/c1-22(23-14-9-7-10-15-23)31-20-25(21-35-32-29(2,3)18-13-19-30(32,4)5)26(28(33)34-6)27(31)24-16-11-8-12-17-24/h7-12,14-17,22,25-27H,13,18-21H2,1-6H3/t22-,25?,26+,27-/m1/s1. The zero-order valence-corrected chi connectivity index (χ0v) is 22.2. The van der Waals surface area contributed by atoms with Gasteiger partial charge in [-0.15, -0.1) is 0 Å². The second-order valence-electron chi connectivity index (χ2n) is 11.5. The highest BCUT2D eigenvalue weighted by molar-refractivity contribution is 5.74. The van der Waals surface area contributed by atoms with Crippen molar-refractivity contribution in [2.45, 2.75) is 77.0 Å².